The van der Waals surface area contributed by atoms with E-state index in [4.69, 9.17) is 37.8 Å². The minimum atomic E-state index is -0.983. The van der Waals surface area contributed by atoms with Gasteiger partial charge in [0.15, 0.2) is 0 Å². The number of halogens is 2. The molecule has 0 saturated heterocycles. The molecule has 5 nitrogen and oxygen atoms in total. The highest BCUT2D eigenvalue weighted by molar-refractivity contribution is 6.42. The number of fused-ring (bicyclic) bond motifs is 1. The third-order valence-corrected chi connectivity index (χ3v) is 6.01. The van der Waals surface area contributed by atoms with E-state index in [9.17, 15) is 4.79 Å². The lowest BCUT2D eigenvalue weighted by Crippen LogP contribution is -2.05. The maximum atomic E-state index is 11.2. The van der Waals surface area contributed by atoms with Gasteiger partial charge in [-0.25, -0.2) is 4.79 Å². The molecule has 0 amide bonds. The molecule has 0 bridgehead atoms. The molecule has 164 valence electrons. The van der Waals surface area contributed by atoms with Gasteiger partial charge in [0, 0.05) is 24.5 Å². The van der Waals surface area contributed by atoms with Gasteiger partial charge >= 0.3 is 5.97 Å². The number of carboxylic acid groups (broad SMARTS) is 1. The third-order valence-electron chi connectivity index (χ3n) is 5.27. The predicted octanol–water partition coefficient (Wildman–Crippen LogP) is 6.32. The Balaban J connectivity index is 1.49. The summed E-state index contributed by atoms with van der Waals surface area (Å²) in [6.07, 6.45) is 2.61. The molecule has 0 fully saturated rings. The Kier molecular flexibility index (Phi) is 6.58. The van der Waals surface area contributed by atoms with E-state index in [1.54, 1.807) is 18.2 Å². The Bertz CT molecular complexity index is 1280. The summed E-state index contributed by atoms with van der Waals surface area (Å²) in [6.45, 7) is 1.09. The first kappa shape index (κ1) is 22.1. The molecule has 0 aliphatic heterocycles. The first-order chi connectivity index (χ1) is 15.5. The van der Waals surface area contributed by atoms with Crippen LogP contribution in [-0.2, 0) is 13.0 Å². The van der Waals surface area contributed by atoms with Crippen LogP contribution in [0.3, 0.4) is 0 Å². The fourth-order valence-electron chi connectivity index (χ4n) is 3.65. The standard InChI is InChI=1S/C25H21Cl2NO4/c1-31-24-14-18(25(29)30)7-6-17(24)10-12-32-23-4-2-3-22-19(23)9-11-28(22)15-16-5-8-20(26)21(27)13-16/h2-9,11,13-14H,10,12,15H2,1H3,(H,29,30). The number of nitrogens with zero attached hydrogens (tertiary/aromatic N) is 1. The molecule has 0 radical (unpaired) electrons. The second-order valence-electron chi connectivity index (χ2n) is 7.31. The van der Waals surface area contributed by atoms with Crippen molar-refractivity contribution in [1.29, 1.82) is 0 Å². The number of hydrogen-bond acceptors (Lipinski definition) is 3. The predicted molar refractivity (Wildman–Crippen MR) is 127 cm³/mol. The van der Waals surface area contributed by atoms with Gasteiger partial charge < -0.3 is 19.1 Å². The Hall–Kier alpha value is -3.15. The molecule has 0 atom stereocenters. The van der Waals surface area contributed by atoms with Gasteiger partial charge in [0.1, 0.15) is 11.5 Å². The highest BCUT2D eigenvalue weighted by atomic mass is 35.5. The second-order valence-corrected chi connectivity index (χ2v) is 8.13. The van der Waals surface area contributed by atoms with Crippen LogP contribution >= 0.6 is 23.2 Å². The average molecular weight is 470 g/mol. The van der Waals surface area contributed by atoms with Crippen LogP contribution in [0.5, 0.6) is 11.5 Å². The van der Waals surface area contributed by atoms with Crippen molar-refractivity contribution in [3.05, 3.63) is 93.6 Å². The summed E-state index contributed by atoms with van der Waals surface area (Å²) in [5.41, 5.74) is 3.19. The number of aromatic nitrogens is 1. The van der Waals surface area contributed by atoms with Gasteiger partial charge in [0.25, 0.3) is 0 Å². The molecule has 7 heteroatoms. The van der Waals surface area contributed by atoms with Crippen molar-refractivity contribution in [2.24, 2.45) is 0 Å². The van der Waals surface area contributed by atoms with Crippen LogP contribution in [0.25, 0.3) is 10.9 Å². The van der Waals surface area contributed by atoms with Gasteiger partial charge in [-0.15, -0.1) is 0 Å². The minimum absolute atomic E-state index is 0.194. The van der Waals surface area contributed by atoms with E-state index in [0.717, 1.165) is 27.8 Å². The maximum absolute atomic E-state index is 11.2. The van der Waals surface area contributed by atoms with Crippen LogP contribution < -0.4 is 9.47 Å². The Morgan fingerprint density at radius 2 is 1.84 bits per heavy atom. The van der Waals surface area contributed by atoms with Crippen molar-refractivity contribution in [2.75, 3.05) is 13.7 Å². The molecule has 0 aliphatic rings. The van der Waals surface area contributed by atoms with Crippen molar-refractivity contribution >= 4 is 40.1 Å². The number of benzene rings is 3. The fourth-order valence-corrected chi connectivity index (χ4v) is 3.97. The van der Waals surface area contributed by atoms with Crippen molar-refractivity contribution in [2.45, 2.75) is 13.0 Å². The Labute approximate surface area is 195 Å². The molecule has 1 heterocycles. The van der Waals surface area contributed by atoms with Crippen LogP contribution in [0.15, 0.2) is 66.9 Å². The lowest BCUT2D eigenvalue weighted by Gasteiger charge is -2.12. The van der Waals surface area contributed by atoms with Crippen LogP contribution in [-0.4, -0.2) is 29.4 Å². The van der Waals surface area contributed by atoms with Crippen molar-refractivity contribution < 1.29 is 19.4 Å². The fraction of sp³-hybridized carbons (Fsp3) is 0.160. The number of ether oxygens (including phenoxy) is 2. The summed E-state index contributed by atoms with van der Waals surface area (Å²) in [5.74, 6) is 0.346. The molecule has 0 spiro atoms. The minimum Gasteiger partial charge on any atom is -0.496 e. The number of carbonyl (C=O) groups is 1. The molecule has 1 N–H and O–H groups in total. The van der Waals surface area contributed by atoms with Gasteiger partial charge in [-0.2, -0.15) is 0 Å². The molecule has 0 saturated carbocycles. The van der Waals surface area contributed by atoms with E-state index >= 15 is 0 Å². The van der Waals surface area contributed by atoms with Crippen molar-refractivity contribution in [3.8, 4) is 11.5 Å². The molecule has 4 rings (SSSR count). The number of rotatable bonds is 8. The number of methoxy groups -OCH3 is 1. The zero-order valence-electron chi connectivity index (χ0n) is 17.3. The van der Waals surface area contributed by atoms with Crippen LogP contribution in [0, 0.1) is 0 Å². The van der Waals surface area contributed by atoms with E-state index in [0.29, 0.717) is 35.4 Å². The van der Waals surface area contributed by atoms with Gasteiger partial charge in [-0.05, 0) is 53.6 Å². The number of aromatic carboxylic acids is 1. The molecule has 3 aromatic carbocycles. The first-order valence-electron chi connectivity index (χ1n) is 10.0. The number of hydrogen-bond donors (Lipinski definition) is 1. The summed E-state index contributed by atoms with van der Waals surface area (Å²) >= 11 is 12.2. The molecule has 4 aromatic rings. The highest BCUT2D eigenvalue weighted by Gasteiger charge is 2.11. The van der Waals surface area contributed by atoms with E-state index < -0.39 is 5.97 Å². The van der Waals surface area contributed by atoms with Gasteiger partial charge in [-0.1, -0.05) is 41.4 Å². The SMILES string of the molecule is COc1cc(C(=O)O)ccc1CCOc1cccc2c1ccn2Cc1ccc(Cl)c(Cl)c1. The smallest absolute Gasteiger partial charge is 0.335 e. The number of carboxylic acids is 1. The van der Waals surface area contributed by atoms with Crippen molar-refractivity contribution in [1.82, 2.24) is 4.57 Å². The van der Waals surface area contributed by atoms with E-state index in [1.165, 1.54) is 13.2 Å². The highest BCUT2D eigenvalue weighted by Crippen LogP contribution is 2.29. The summed E-state index contributed by atoms with van der Waals surface area (Å²) in [5, 5.41) is 11.2. The van der Waals surface area contributed by atoms with E-state index in [1.807, 2.05) is 42.6 Å². The topological polar surface area (TPSA) is 60.7 Å². The van der Waals surface area contributed by atoms with E-state index in [-0.39, 0.29) is 5.56 Å². The molecule has 0 unspecified atom stereocenters. The largest absolute Gasteiger partial charge is 0.496 e. The third kappa shape index (κ3) is 4.69. The van der Waals surface area contributed by atoms with Crippen LogP contribution in [0.1, 0.15) is 21.5 Å². The zero-order valence-corrected chi connectivity index (χ0v) is 18.9. The summed E-state index contributed by atoms with van der Waals surface area (Å²) < 4.78 is 13.6. The Morgan fingerprint density at radius 3 is 2.59 bits per heavy atom. The molecule has 32 heavy (non-hydrogen) atoms. The average Bonchev–Trinajstić information content (AvgIpc) is 3.20. The summed E-state index contributed by atoms with van der Waals surface area (Å²) in [4.78, 5) is 11.2. The van der Waals surface area contributed by atoms with Gasteiger partial charge in [-0.3, -0.25) is 0 Å². The van der Waals surface area contributed by atoms with Crippen molar-refractivity contribution in [3.63, 3.8) is 0 Å². The van der Waals surface area contributed by atoms with Gasteiger partial charge in [0.05, 0.1) is 34.8 Å². The summed E-state index contributed by atoms with van der Waals surface area (Å²) in [6, 6.07) is 18.5. The zero-order chi connectivity index (χ0) is 22.7. The lowest BCUT2D eigenvalue weighted by molar-refractivity contribution is 0.0696. The summed E-state index contributed by atoms with van der Waals surface area (Å²) in [7, 11) is 1.53. The second kappa shape index (κ2) is 9.55. The maximum Gasteiger partial charge on any atom is 0.335 e. The van der Waals surface area contributed by atoms with Crippen LogP contribution in [0.2, 0.25) is 10.0 Å². The quantitative estimate of drug-likeness (QED) is 0.327. The first-order valence-corrected chi connectivity index (χ1v) is 10.8. The molecular formula is C25H21Cl2NO4. The van der Waals surface area contributed by atoms with Gasteiger partial charge in [0.2, 0.25) is 0 Å². The Morgan fingerprint density at radius 1 is 1.00 bits per heavy atom. The molecule has 1 aromatic heterocycles. The molecular weight excluding hydrogens is 449 g/mol. The van der Waals surface area contributed by atoms with E-state index in [2.05, 4.69) is 4.57 Å². The monoisotopic (exact) mass is 469 g/mol. The lowest BCUT2D eigenvalue weighted by atomic mass is 10.1. The van der Waals surface area contributed by atoms with Crippen LogP contribution in [0.4, 0.5) is 0 Å². The molecule has 0 aliphatic carbocycles. The normalized spacial score (nSPS) is 11.0.